The van der Waals surface area contributed by atoms with Crippen LogP contribution in [-0.4, -0.2) is 16.7 Å². The van der Waals surface area contributed by atoms with Crippen molar-refractivity contribution in [3.8, 4) is 0 Å². The number of rotatable bonds is 3. The molecule has 0 radical (unpaired) electrons. The molecule has 2 aromatic rings. The molecular weight excluding hydrogens is 220 g/mol. The van der Waals surface area contributed by atoms with Crippen LogP contribution in [0, 0.1) is 0 Å². The number of nitrogens with two attached hydrogens (primary N) is 1. The number of hydrogen-bond donors (Lipinski definition) is 2. The molecule has 4 heteroatoms. The van der Waals surface area contributed by atoms with Crippen LogP contribution in [0.25, 0.3) is 10.2 Å². The lowest BCUT2D eigenvalue weighted by atomic mass is 10.1. The summed E-state index contributed by atoms with van der Waals surface area (Å²) in [6.07, 6.45) is 0. The van der Waals surface area contributed by atoms with Crippen molar-refractivity contribution in [1.82, 2.24) is 4.98 Å². The summed E-state index contributed by atoms with van der Waals surface area (Å²) in [5, 5.41) is 10.2. The number of benzene rings is 1. The molecule has 0 aliphatic rings. The van der Waals surface area contributed by atoms with Crippen LogP contribution in [0.2, 0.25) is 0 Å². The van der Waals surface area contributed by atoms with Crippen molar-refractivity contribution in [3.63, 3.8) is 0 Å². The minimum Gasteiger partial charge on any atom is -0.394 e. The monoisotopic (exact) mass is 236 g/mol. The number of nitrogens with zero attached hydrogens (tertiary/aromatic N) is 1. The SMILES string of the molecule is CC(C)c1nc2cc(C(N)CO)ccc2s1. The van der Waals surface area contributed by atoms with Gasteiger partial charge in [-0.25, -0.2) is 4.98 Å². The van der Waals surface area contributed by atoms with Gasteiger partial charge in [0.15, 0.2) is 0 Å². The van der Waals surface area contributed by atoms with Crippen LogP contribution in [0.4, 0.5) is 0 Å². The molecule has 0 fully saturated rings. The first-order valence-electron chi connectivity index (χ1n) is 5.38. The molecule has 0 aliphatic carbocycles. The average Bonchev–Trinajstić information content (AvgIpc) is 2.70. The summed E-state index contributed by atoms with van der Waals surface area (Å²) in [4.78, 5) is 4.57. The fourth-order valence-electron chi connectivity index (χ4n) is 1.55. The first kappa shape index (κ1) is 11.5. The summed E-state index contributed by atoms with van der Waals surface area (Å²) < 4.78 is 1.18. The highest BCUT2D eigenvalue weighted by molar-refractivity contribution is 7.18. The van der Waals surface area contributed by atoms with Gasteiger partial charge in [-0.3, -0.25) is 0 Å². The van der Waals surface area contributed by atoms with E-state index in [9.17, 15) is 0 Å². The van der Waals surface area contributed by atoms with E-state index in [4.69, 9.17) is 10.8 Å². The predicted octanol–water partition coefficient (Wildman–Crippen LogP) is 2.41. The normalized spacial score (nSPS) is 13.6. The number of aliphatic hydroxyl groups is 1. The van der Waals surface area contributed by atoms with E-state index < -0.39 is 0 Å². The fraction of sp³-hybridized carbons (Fsp3) is 0.417. The van der Waals surface area contributed by atoms with Crippen LogP contribution < -0.4 is 5.73 Å². The second kappa shape index (κ2) is 4.49. The van der Waals surface area contributed by atoms with Gasteiger partial charge in [0.05, 0.1) is 27.9 Å². The number of aromatic nitrogens is 1. The summed E-state index contributed by atoms with van der Waals surface area (Å²) in [5.74, 6) is 0.451. The van der Waals surface area contributed by atoms with E-state index in [0.717, 1.165) is 16.1 Å². The molecule has 1 aromatic heterocycles. The van der Waals surface area contributed by atoms with Crippen LogP contribution in [0.3, 0.4) is 0 Å². The van der Waals surface area contributed by atoms with Crippen LogP contribution in [0.15, 0.2) is 18.2 Å². The Kier molecular flexibility index (Phi) is 3.23. The Hall–Kier alpha value is -0.970. The maximum Gasteiger partial charge on any atom is 0.0963 e. The third kappa shape index (κ3) is 2.09. The summed E-state index contributed by atoms with van der Waals surface area (Å²) in [7, 11) is 0. The third-order valence-corrected chi connectivity index (χ3v) is 3.88. The zero-order valence-electron chi connectivity index (χ0n) is 9.47. The minimum atomic E-state index is -0.311. The Bertz CT molecular complexity index is 493. The highest BCUT2D eigenvalue weighted by atomic mass is 32.1. The van der Waals surface area contributed by atoms with Crippen molar-refractivity contribution in [2.24, 2.45) is 5.73 Å². The lowest BCUT2D eigenvalue weighted by Gasteiger charge is -2.07. The molecule has 3 nitrogen and oxygen atoms in total. The van der Waals surface area contributed by atoms with Gasteiger partial charge in [-0.15, -0.1) is 11.3 Å². The van der Waals surface area contributed by atoms with Gasteiger partial charge < -0.3 is 10.8 Å². The molecule has 1 aromatic carbocycles. The average molecular weight is 236 g/mol. The molecule has 86 valence electrons. The Morgan fingerprint density at radius 3 is 2.81 bits per heavy atom. The van der Waals surface area contributed by atoms with Crippen LogP contribution in [0.1, 0.15) is 36.4 Å². The molecule has 0 amide bonds. The molecule has 0 aliphatic heterocycles. The zero-order valence-corrected chi connectivity index (χ0v) is 10.3. The summed E-state index contributed by atoms with van der Waals surface area (Å²) in [6.45, 7) is 4.24. The summed E-state index contributed by atoms with van der Waals surface area (Å²) in [6, 6.07) is 5.65. The number of aliphatic hydroxyl groups excluding tert-OH is 1. The molecule has 0 bridgehead atoms. The van der Waals surface area contributed by atoms with Crippen molar-refractivity contribution in [3.05, 3.63) is 28.8 Å². The zero-order chi connectivity index (χ0) is 11.7. The second-order valence-electron chi connectivity index (χ2n) is 4.22. The van der Waals surface area contributed by atoms with E-state index in [2.05, 4.69) is 18.8 Å². The Morgan fingerprint density at radius 1 is 1.44 bits per heavy atom. The lowest BCUT2D eigenvalue weighted by molar-refractivity contribution is 0.268. The van der Waals surface area contributed by atoms with Crippen molar-refractivity contribution < 1.29 is 5.11 Å². The van der Waals surface area contributed by atoms with Crippen molar-refractivity contribution in [2.75, 3.05) is 6.61 Å². The van der Waals surface area contributed by atoms with Crippen molar-refractivity contribution >= 4 is 21.6 Å². The Balaban J connectivity index is 2.45. The molecule has 0 spiro atoms. The molecule has 1 heterocycles. The number of hydrogen-bond acceptors (Lipinski definition) is 4. The smallest absolute Gasteiger partial charge is 0.0963 e. The third-order valence-electron chi connectivity index (χ3n) is 2.55. The number of thiazole rings is 1. The van der Waals surface area contributed by atoms with Crippen molar-refractivity contribution in [2.45, 2.75) is 25.8 Å². The van der Waals surface area contributed by atoms with E-state index in [1.807, 2.05) is 18.2 Å². The van der Waals surface area contributed by atoms with Crippen LogP contribution in [-0.2, 0) is 0 Å². The Labute approximate surface area is 98.9 Å². The van der Waals surface area contributed by atoms with E-state index >= 15 is 0 Å². The molecule has 1 unspecified atom stereocenters. The van der Waals surface area contributed by atoms with Gasteiger partial charge in [-0.2, -0.15) is 0 Å². The van der Waals surface area contributed by atoms with Gasteiger partial charge in [0.1, 0.15) is 0 Å². The quantitative estimate of drug-likeness (QED) is 0.860. The molecule has 0 saturated carbocycles. The van der Waals surface area contributed by atoms with Gasteiger partial charge in [0, 0.05) is 5.92 Å². The van der Waals surface area contributed by atoms with E-state index in [0.29, 0.717) is 5.92 Å². The van der Waals surface area contributed by atoms with Crippen molar-refractivity contribution in [1.29, 1.82) is 0 Å². The molecule has 1 atom stereocenters. The topological polar surface area (TPSA) is 59.1 Å². The molecule has 0 saturated heterocycles. The van der Waals surface area contributed by atoms with Crippen LogP contribution >= 0.6 is 11.3 Å². The molecular formula is C12H16N2OS. The number of fused-ring (bicyclic) bond motifs is 1. The first-order chi connectivity index (χ1) is 7.61. The molecule has 2 rings (SSSR count). The highest BCUT2D eigenvalue weighted by Gasteiger charge is 2.10. The summed E-state index contributed by atoms with van der Waals surface area (Å²) >= 11 is 1.72. The van der Waals surface area contributed by atoms with Gasteiger partial charge in [0.25, 0.3) is 0 Å². The van der Waals surface area contributed by atoms with Gasteiger partial charge in [-0.05, 0) is 17.7 Å². The van der Waals surface area contributed by atoms with Crippen LogP contribution in [0.5, 0.6) is 0 Å². The van der Waals surface area contributed by atoms with E-state index in [1.54, 1.807) is 11.3 Å². The highest BCUT2D eigenvalue weighted by Crippen LogP contribution is 2.28. The fourth-order valence-corrected chi connectivity index (χ4v) is 2.50. The maximum absolute atomic E-state index is 9.01. The minimum absolute atomic E-state index is 0.0350. The maximum atomic E-state index is 9.01. The van der Waals surface area contributed by atoms with E-state index in [1.165, 1.54) is 4.70 Å². The molecule has 16 heavy (non-hydrogen) atoms. The lowest BCUT2D eigenvalue weighted by Crippen LogP contribution is -2.14. The van der Waals surface area contributed by atoms with Gasteiger partial charge in [-0.1, -0.05) is 19.9 Å². The predicted molar refractivity (Wildman–Crippen MR) is 67.7 cm³/mol. The standard InChI is InChI=1S/C12H16N2OS/c1-7(2)12-14-10-5-8(9(13)6-15)3-4-11(10)16-12/h3-5,7,9,15H,6,13H2,1-2H3. The van der Waals surface area contributed by atoms with E-state index in [-0.39, 0.29) is 12.6 Å². The molecule has 3 N–H and O–H groups in total. The second-order valence-corrected chi connectivity index (χ2v) is 5.29. The largest absolute Gasteiger partial charge is 0.394 e. The summed E-state index contributed by atoms with van der Waals surface area (Å²) in [5.41, 5.74) is 7.70. The van der Waals surface area contributed by atoms with Gasteiger partial charge in [0.2, 0.25) is 0 Å². The first-order valence-corrected chi connectivity index (χ1v) is 6.20. The van der Waals surface area contributed by atoms with Gasteiger partial charge >= 0.3 is 0 Å². The Morgan fingerprint density at radius 2 is 2.19 bits per heavy atom.